The van der Waals surface area contributed by atoms with Crippen LogP contribution in [0.15, 0.2) is 102 Å². The fraction of sp³-hybridized carbons (Fsp3) is 0.182. The molecule has 1 aliphatic rings. The van der Waals surface area contributed by atoms with Crippen LogP contribution in [0.4, 0.5) is 5.69 Å². The zero-order chi connectivity index (χ0) is 29.6. The Labute approximate surface area is 249 Å². The van der Waals surface area contributed by atoms with Crippen molar-refractivity contribution >= 4 is 49.1 Å². The molecule has 0 bridgehead atoms. The van der Waals surface area contributed by atoms with Crippen molar-refractivity contribution in [2.75, 3.05) is 4.90 Å². The predicted octanol–water partition coefficient (Wildman–Crippen LogP) is 6.66. The number of amides is 2. The Hall–Kier alpha value is -4.18. The lowest BCUT2D eigenvalue weighted by Crippen LogP contribution is -2.46. The number of anilines is 1. The van der Waals surface area contributed by atoms with Crippen LogP contribution in [0.2, 0.25) is 0 Å². The van der Waals surface area contributed by atoms with Crippen molar-refractivity contribution in [1.29, 1.82) is 0 Å². The van der Waals surface area contributed by atoms with Crippen LogP contribution in [0.1, 0.15) is 36.1 Å². The minimum Gasteiger partial charge on any atom is -0.274 e. The molecular formula is C33H29N3O4S2. The Bertz CT molecular complexity index is 1900. The Balaban J connectivity index is 1.34. The second kappa shape index (κ2) is 10.9. The maximum absolute atomic E-state index is 14.1. The lowest BCUT2D eigenvalue weighted by Gasteiger charge is -2.32. The Morgan fingerprint density at radius 2 is 1.55 bits per heavy atom. The first-order chi connectivity index (χ1) is 20.1. The Kier molecular flexibility index (Phi) is 7.26. The summed E-state index contributed by atoms with van der Waals surface area (Å²) in [6.07, 6.45) is -0.250. The fourth-order valence-electron chi connectivity index (χ4n) is 5.35. The third-order valence-corrected chi connectivity index (χ3v) is 10.7. The number of carbonyl (C=O) groups excluding carboxylic acids is 2. The summed E-state index contributed by atoms with van der Waals surface area (Å²) in [6, 6.07) is 27.0. The largest absolute Gasteiger partial charge is 0.274 e. The average molecular weight is 596 g/mol. The summed E-state index contributed by atoms with van der Waals surface area (Å²) < 4.78 is 30.4. The van der Waals surface area contributed by atoms with Crippen molar-refractivity contribution in [3.63, 3.8) is 0 Å². The number of sulfonamides is 1. The molecule has 1 saturated heterocycles. The number of aryl methyl sites for hydroxylation is 2. The molecule has 0 aliphatic carbocycles. The van der Waals surface area contributed by atoms with Crippen molar-refractivity contribution in [2.45, 2.75) is 44.2 Å². The Morgan fingerprint density at radius 3 is 2.24 bits per heavy atom. The first kappa shape index (κ1) is 28.0. The van der Waals surface area contributed by atoms with Crippen LogP contribution in [-0.4, -0.2) is 35.6 Å². The SMILES string of the molecule is Cc1ccc(S(=O)(=O)N(C2CC(=O)N(c3ccc(-c4nc5ccc(C)cc5s4)cc3)C2=O)C(C)c2ccccc2)cc1. The number of imide groups is 1. The first-order valence-electron chi connectivity index (χ1n) is 13.6. The molecule has 0 N–H and O–H groups in total. The van der Waals surface area contributed by atoms with E-state index < -0.39 is 33.9 Å². The minimum atomic E-state index is -4.14. The van der Waals surface area contributed by atoms with Gasteiger partial charge in [0, 0.05) is 11.6 Å². The van der Waals surface area contributed by atoms with Gasteiger partial charge in [-0.2, -0.15) is 4.31 Å². The van der Waals surface area contributed by atoms with Gasteiger partial charge in [-0.15, -0.1) is 11.3 Å². The summed E-state index contributed by atoms with van der Waals surface area (Å²) in [5.41, 5.74) is 4.98. The van der Waals surface area contributed by atoms with Gasteiger partial charge >= 0.3 is 0 Å². The third kappa shape index (κ3) is 5.04. The van der Waals surface area contributed by atoms with Gasteiger partial charge < -0.3 is 0 Å². The smallest absolute Gasteiger partial charge is 0.252 e. The van der Waals surface area contributed by atoms with Gasteiger partial charge in [-0.25, -0.2) is 18.3 Å². The van der Waals surface area contributed by atoms with Crippen LogP contribution in [0.3, 0.4) is 0 Å². The number of hydrogen-bond acceptors (Lipinski definition) is 6. The van der Waals surface area contributed by atoms with E-state index in [4.69, 9.17) is 4.98 Å². The second-order valence-electron chi connectivity index (χ2n) is 10.6. The maximum atomic E-state index is 14.1. The molecule has 9 heteroatoms. The van der Waals surface area contributed by atoms with Crippen molar-refractivity contribution in [2.24, 2.45) is 0 Å². The summed E-state index contributed by atoms with van der Waals surface area (Å²) in [4.78, 5) is 33.2. The van der Waals surface area contributed by atoms with Gasteiger partial charge in [-0.1, -0.05) is 54.1 Å². The van der Waals surface area contributed by atoms with Crippen LogP contribution in [0.25, 0.3) is 20.8 Å². The molecule has 1 fully saturated rings. The van der Waals surface area contributed by atoms with E-state index in [1.54, 1.807) is 42.5 Å². The lowest BCUT2D eigenvalue weighted by atomic mass is 10.1. The number of fused-ring (bicyclic) bond motifs is 1. The van der Waals surface area contributed by atoms with Gasteiger partial charge in [-0.3, -0.25) is 9.59 Å². The van der Waals surface area contributed by atoms with Crippen LogP contribution >= 0.6 is 11.3 Å². The van der Waals surface area contributed by atoms with E-state index in [9.17, 15) is 18.0 Å². The van der Waals surface area contributed by atoms with Crippen molar-refractivity contribution < 1.29 is 18.0 Å². The molecule has 2 unspecified atom stereocenters. The van der Waals surface area contributed by atoms with Gasteiger partial charge in [0.1, 0.15) is 11.0 Å². The zero-order valence-corrected chi connectivity index (χ0v) is 25.0. The maximum Gasteiger partial charge on any atom is 0.252 e. The van der Waals surface area contributed by atoms with E-state index in [0.717, 1.165) is 42.4 Å². The predicted molar refractivity (Wildman–Crippen MR) is 166 cm³/mol. The van der Waals surface area contributed by atoms with Gasteiger partial charge in [0.05, 0.1) is 27.2 Å². The van der Waals surface area contributed by atoms with E-state index in [1.807, 2.05) is 68.4 Å². The van der Waals surface area contributed by atoms with Gasteiger partial charge in [0.15, 0.2) is 0 Å². The molecule has 0 spiro atoms. The van der Waals surface area contributed by atoms with Crippen LogP contribution in [0.5, 0.6) is 0 Å². The zero-order valence-electron chi connectivity index (χ0n) is 23.4. The monoisotopic (exact) mass is 595 g/mol. The van der Waals surface area contributed by atoms with E-state index in [0.29, 0.717) is 5.69 Å². The van der Waals surface area contributed by atoms with Gasteiger partial charge in [0.2, 0.25) is 15.9 Å². The molecular weight excluding hydrogens is 567 g/mol. The van der Waals surface area contributed by atoms with E-state index in [1.165, 1.54) is 16.4 Å². The van der Waals surface area contributed by atoms with Crippen molar-refractivity contribution in [1.82, 2.24) is 9.29 Å². The number of hydrogen-bond donors (Lipinski definition) is 0. The molecule has 42 heavy (non-hydrogen) atoms. The molecule has 5 aromatic rings. The minimum absolute atomic E-state index is 0.0740. The summed E-state index contributed by atoms with van der Waals surface area (Å²) in [7, 11) is -4.14. The molecule has 6 rings (SSSR count). The third-order valence-electron chi connectivity index (χ3n) is 7.61. The highest BCUT2D eigenvalue weighted by atomic mass is 32.2. The first-order valence-corrected chi connectivity index (χ1v) is 15.9. The van der Waals surface area contributed by atoms with E-state index in [-0.39, 0.29) is 11.3 Å². The normalized spacial score (nSPS) is 16.5. The highest BCUT2D eigenvalue weighted by Crippen LogP contribution is 2.37. The molecule has 0 saturated carbocycles. The topological polar surface area (TPSA) is 87.7 Å². The summed E-state index contributed by atoms with van der Waals surface area (Å²) in [6.45, 7) is 5.66. The Morgan fingerprint density at radius 1 is 0.881 bits per heavy atom. The number of nitrogens with zero attached hydrogens (tertiary/aromatic N) is 3. The van der Waals surface area contributed by atoms with E-state index in [2.05, 4.69) is 6.07 Å². The number of carbonyl (C=O) groups is 2. The summed E-state index contributed by atoms with van der Waals surface area (Å²) >= 11 is 1.58. The van der Waals surface area contributed by atoms with Crippen LogP contribution in [-0.2, 0) is 19.6 Å². The standard InChI is InChI=1S/C33H29N3O4S2/c1-21-9-16-27(17-10-21)42(39,40)36(23(3)24-7-5-4-6-8-24)29-20-31(37)35(33(29)38)26-14-12-25(13-15-26)32-34-28-18-11-22(2)19-30(28)41-32/h4-19,23,29H,20H2,1-3H3. The van der Waals surface area contributed by atoms with Crippen molar-refractivity contribution in [3.8, 4) is 10.6 Å². The number of thiazole rings is 1. The molecule has 2 atom stereocenters. The second-order valence-corrected chi connectivity index (χ2v) is 13.4. The van der Waals surface area contributed by atoms with Crippen LogP contribution < -0.4 is 4.90 Å². The van der Waals surface area contributed by atoms with Gasteiger partial charge in [0.25, 0.3) is 5.91 Å². The fourth-order valence-corrected chi connectivity index (χ4v) is 8.18. The van der Waals surface area contributed by atoms with Crippen molar-refractivity contribution in [3.05, 3.63) is 114 Å². The molecule has 7 nitrogen and oxygen atoms in total. The highest BCUT2D eigenvalue weighted by molar-refractivity contribution is 7.89. The molecule has 1 aromatic heterocycles. The average Bonchev–Trinajstić information content (AvgIpc) is 3.53. The molecule has 212 valence electrons. The molecule has 1 aliphatic heterocycles. The summed E-state index contributed by atoms with van der Waals surface area (Å²) in [5.74, 6) is -1.01. The summed E-state index contributed by atoms with van der Waals surface area (Å²) in [5, 5.41) is 0.839. The molecule has 2 heterocycles. The highest BCUT2D eigenvalue weighted by Gasteiger charge is 2.49. The molecule has 2 amide bonds. The van der Waals surface area contributed by atoms with Crippen LogP contribution in [0, 0.1) is 13.8 Å². The number of benzene rings is 4. The number of aromatic nitrogens is 1. The quantitative estimate of drug-likeness (QED) is 0.196. The van der Waals surface area contributed by atoms with Gasteiger partial charge in [-0.05, 0) is 80.4 Å². The number of rotatable bonds is 7. The molecule has 0 radical (unpaired) electrons. The lowest BCUT2D eigenvalue weighted by molar-refractivity contribution is -0.122. The van der Waals surface area contributed by atoms with E-state index >= 15 is 0 Å². The molecule has 4 aromatic carbocycles.